The number of halogens is 1. The fourth-order valence-corrected chi connectivity index (χ4v) is 1.35. The average molecular weight is 217 g/mol. The fraction of sp³-hybridized carbons (Fsp3) is 0. The second-order valence-corrected chi connectivity index (χ2v) is 3.23. The van der Waals surface area contributed by atoms with Gasteiger partial charge in [0.2, 0.25) is 5.83 Å². The Morgan fingerprint density at radius 1 is 1.25 bits per heavy atom. The number of carboxylic acid groups (broad SMARTS) is 1. The first-order chi connectivity index (χ1) is 7.66. The second-order valence-electron chi connectivity index (χ2n) is 3.23. The Hall–Kier alpha value is -2.23. The molecule has 1 aromatic heterocycles. The highest BCUT2D eigenvalue weighted by molar-refractivity contribution is 5.89. The molecule has 1 aromatic carbocycles. The number of hydrogen-bond acceptors (Lipinski definition) is 2. The van der Waals surface area contributed by atoms with Crippen molar-refractivity contribution in [3.05, 3.63) is 47.9 Å². The number of benzene rings is 1. The quantitative estimate of drug-likeness (QED) is 0.786. The molecule has 0 saturated heterocycles. The molecule has 0 aliphatic heterocycles. The monoisotopic (exact) mass is 217 g/mol. The minimum absolute atomic E-state index is 0.290. The second kappa shape index (κ2) is 4.10. The van der Waals surface area contributed by atoms with E-state index in [4.69, 9.17) is 5.11 Å². The van der Waals surface area contributed by atoms with Gasteiger partial charge in [-0.05, 0) is 12.1 Å². The number of rotatable bonds is 2. The summed E-state index contributed by atoms with van der Waals surface area (Å²) < 4.78 is 12.8. The molecule has 1 N–H and O–H groups in total. The molecule has 0 unspecified atom stereocenters. The van der Waals surface area contributed by atoms with Crippen LogP contribution in [-0.4, -0.2) is 16.1 Å². The van der Waals surface area contributed by atoms with Crippen LogP contribution in [0.25, 0.3) is 17.0 Å². The molecule has 1 heterocycles. The van der Waals surface area contributed by atoms with Gasteiger partial charge in [-0.1, -0.05) is 24.3 Å². The first-order valence-corrected chi connectivity index (χ1v) is 4.63. The third-order valence-corrected chi connectivity index (χ3v) is 2.10. The third-order valence-electron chi connectivity index (χ3n) is 2.10. The highest BCUT2D eigenvalue weighted by atomic mass is 19.1. The highest BCUT2D eigenvalue weighted by Crippen LogP contribution is 2.14. The van der Waals surface area contributed by atoms with E-state index in [1.54, 1.807) is 18.2 Å². The SMILES string of the molecule is O=C(O)C(F)=Cc1ccc2ccccc2n1. The molecule has 0 aliphatic carbocycles. The Labute approximate surface area is 90.9 Å². The van der Waals surface area contributed by atoms with E-state index in [2.05, 4.69) is 4.98 Å². The number of aromatic nitrogens is 1. The molecule has 0 atom stereocenters. The van der Waals surface area contributed by atoms with E-state index in [0.717, 1.165) is 11.5 Å². The van der Waals surface area contributed by atoms with Crippen molar-refractivity contribution in [2.24, 2.45) is 0 Å². The van der Waals surface area contributed by atoms with Crippen LogP contribution in [0.3, 0.4) is 0 Å². The van der Waals surface area contributed by atoms with Crippen molar-refractivity contribution in [2.45, 2.75) is 0 Å². The molecule has 0 spiro atoms. The van der Waals surface area contributed by atoms with E-state index >= 15 is 0 Å². The summed E-state index contributed by atoms with van der Waals surface area (Å²) in [5, 5.41) is 9.31. The lowest BCUT2D eigenvalue weighted by atomic mass is 10.2. The first kappa shape index (κ1) is 10.3. The maximum atomic E-state index is 12.8. The van der Waals surface area contributed by atoms with Gasteiger partial charge in [0.05, 0.1) is 11.2 Å². The van der Waals surface area contributed by atoms with E-state index in [1.807, 2.05) is 18.2 Å². The van der Waals surface area contributed by atoms with Gasteiger partial charge in [-0.25, -0.2) is 9.78 Å². The Bertz CT molecular complexity index is 578. The van der Waals surface area contributed by atoms with Crippen LogP contribution in [0.1, 0.15) is 5.69 Å². The molecule has 0 fully saturated rings. The summed E-state index contributed by atoms with van der Waals surface area (Å²) in [7, 11) is 0. The Morgan fingerprint density at radius 3 is 2.75 bits per heavy atom. The summed E-state index contributed by atoms with van der Waals surface area (Å²) in [4.78, 5) is 14.4. The van der Waals surface area contributed by atoms with E-state index in [9.17, 15) is 9.18 Å². The van der Waals surface area contributed by atoms with Crippen molar-refractivity contribution < 1.29 is 14.3 Å². The standard InChI is InChI=1S/C12H8FNO2/c13-10(12(15)16)7-9-6-5-8-3-1-2-4-11(8)14-9/h1-7H,(H,15,16). The van der Waals surface area contributed by atoms with Crippen LogP contribution in [0.15, 0.2) is 42.2 Å². The predicted molar refractivity (Wildman–Crippen MR) is 58.5 cm³/mol. The van der Waals surface area contributed by atoms with Crippen molar-refractivity contribution in [2.75, 3.05) is 0 Å². The van der Waals surface area contributed by atoms with Crippen molar-refractivity contribution in [3.63, 3.8) is 0 Å². The van der Waals surface area contributed by atoms with Crippen molar-refractivity contribution in [1.29, 1.82) is 0 Å². The van der Waals surface area contributed by atoms with Gasteiger partial charge in [0, 0.05) is 11.5 Å². The maximum Gasteiger partial charge on any atom is 0.364 e. The average Bonchev–Trinajstić information content (AvgIpc) is 2.28. The maximum absolute atomic E-state index is 12.8. The van der Waals surface area contributed by atoms with E-state index < -0.39 is 11.8 Å². The molecule has 2 aromatic rings. The summed E-state index contributed by atoms with van der Waals surface area (Å²) in [6, 6.07) is 10.7. The van der Waals surface area contributed by atoms with Crippen LogP contribution >= 0.6 is 0 Å². The van der Waals surface area contributed by atoms with Gasteiger partial charge in [-0.2, -0.15) is 4.39 Å². The lowest BCUT2D eigenvalue weighted by Crippen LogP contribution is -1.94. The Balaban J connectivity index is 2.47. The van der Waals surface area contributed by atoms with Crippen molar-refractivity contribution >= 4 is 22.9 Å². The number of nitrogens with zero attached hydrogens (tertiary/aromatic N) is 1. The smallest absolute Gasteiger partial charge is 0.364 e. The zero-order valence-electron chi connectivity index (χ0n) is 8.22. The molecular formula is C12H8FNO2. The molecule has 0 radical (unpaired) electrons. The number of pyridine rings is 1. The Kier molecular flexibility index (Phi) is 2.64. The lowest BCUT2D eigenvalue weighted by Gasteiger charge is -1.98. The first-order valence-electron chi connectivity index (χ1n) is 4.63. The number of fused-ring (bicyclic) bond motifs is 1. The van der Waals surface area contributed by atoms with Gasteiger partial charge in [0.25, 0.3) is 0 Å². The zero-order chi connectivity index (χ0) is 11.5. The minimum atomic E-state index is -1.59. The molecular weight excluding hydrogens is 209 g/mol. The van der Waals surface area contributed by atoms with Gasteiger partial charge < -0.3 is 5.11 Å². The molecule has 0 bridgehead atoms. The Morgan fingerprint density at radius 2 is 2.00 bits per heavy atom. The molecule has 2 rings (SSSR count). The van der Waals surface area contributed by atoms with Crippen LogP contribution in [0, 0.1) is 0 Å². The normalized spacial score (nSPS) is 11.7. The van der Waals surface area contributed by atoms with Crippen molar-refractivity contribution in [1.82, 2.24) is 4.98 Å². The third kappa shape index (κ3) is 2.06. The molecule has 0 amide bonds. The fourth-order valence-electron chi connectivity index (χ4n) is 1.35. The number of carbonyl (C=O) groups is 1. The highest BCUT2D eigenvalue weighted by Gasteiger charge is 2.05. The lowest BCUT2D eigenvalue weighted by molar-refractivity contribution is -0.134. The van der Waals surface area contributed by atoms with Crippen LogP contribution < -0.4 is 0 Å². The number of hydrogen-bond donors (Lipinski definition) is 1. The molecule has 4 heteroatoms. The van der Waals surface area contributed by atoms with E-state index in [0.29, 0.717) is 11.2 Å². The van der Waals surface area contributed by atoms with Crippen LogP contribution in [0.4, 0.5) is 4.39 Å². The summed E-state index contributed by atoms with van der Waals surface area (Å²) in [6.07, 6.45) is 0.898. The predicted octanol–water partition coefficient (Wildman–Crippen LogP) is 2.63. The number of para-hydroxylation sites is 1. The summed E-state index contributed by atoms with van der Waals surface area (Å²) in [5.74, 6) is -2.81. The van der Waals surface area contributed by atoms with Gasteiger partial charge in [-0.15, -0.1) is 0 Å². The summed E-state index contributed by atoms with van der Waals surface area (Å²) in [5.41, 5.74) is 0.994. The summed E-state index contributed by atoms with van der Waals surface area (Å²) >= 11 is 0. The molecule has 3 nitrogen and oxygen atoms in total. The molecule has 80 valence electrons. The van der Waals surface area contributed by atoms with Gasteiger partial charge in [-0.3, -0.25) is 0 Å². The molecule has 0 aliphatic rings. The van der Waals surface area contributed by atoms with Crippen LogP contribution in [-0.2, 0) is 4.79 Å². The zero-order valence-corrected chi connectivity index (χ0v) is 8.22. The van der Waals surface area contributed by atoms with Gasteiger partial charge >= 0.3 is 5.97 Å². The largest absolute Gasteiger partial charge is 0.476 e. The topological polar surface area (TPSA) is 50.2 Å². The van der Waals surface area contributed by atoms with E-state index in [1.165, 1.54) is 0 Å². The molecule has 16 heavy (non-hydrogen) atoms. The number of aliphatic carboxylic acids is 1. The van der Waals surface area contributed by atoms with Gasteiger partial charge in [0.15, 0.2) is 0 Å². The van der Waals surface area contributed by atoms with Crippen LogP contribution in [0.5, 0.6) is 0 Å². The summed E-state index contributed by atoms with van der Waals surface area (Å²) in [6.45, 7) is 0. The van der Waals surface area contributed by atoms with Crippen LogP contribution in [0.2, 0.25) is 0 Å². The van der Waals surface area contributed by atoms with Gasteiger partial charge in [0.1, 0.15) is 0 Å². The van der Waals surface area contributed by atoms with Crippen molar-refractivity contribution in [3.8, 4) is 0 Å². The molecule has 0 saturated carbocycles. The minimum Gasteiger partial charge on any atom is -0.476 e. The number of carboxylic acids is 1. The van der Waals surface area contributed by atoms with E-state index in [-0.39, 0.29) is 0 Å².